The smallest absolute Gasteiger partial charge is 0.269 e. The second-order valence-corrected chi connectivity index (χ2v) is 6.30. The molecule has 1 N–H and O–H groups in total. The molecular formula is C18H22N4O4. The molecule has 0 amide bonds. The minimum absolute atomic E-state index is 0.0212. The second-order valence-electron chi connectivity index (χ2n) is 6.30. The topological polar surface area (TPSA) is 102 Å². The average molecular weight is 358 g/mol. The molecule has 2 aromatic rings. The first-order valence-corrected chi connectivity index (χ1v) is 8.65. The molecule has 0 bridgehead atoms. The van der Waals surface area contributed by atoms with E-state index in [-0.39, 0.29) is 18.4 Å². The maximum absolute atomic E-state index is 10.8. The largest absolute Gasteiger partial charge is 0.394 e. The van der Waals surface area contributed by atoms with Gasteiger partial charge in [-0.25, -0.2) is 9.97 Å². The fraction of sp³-hybridized carbons (Fsp3) is 0.444. The fourth-order valence-corrected chi connectivity index (χ4v) is 3.08. The molecule has 3 rings (SSSR count). The van der Waals surface area contributed by atoms with E-state index in [0.717, 1.165) is 43.0 Å². The molecule has 1 unspecified atom stereocenters. The van der Waals surface area contributed by atoms with Crippen LogP contribution in [0.15, 0.2) is 30.3 Å². The van der Waals surface area contributed by atoms with Crippen molar-refractivity contribution in [3.05, 3.63) is 46.1 Å². The van der Waals surface area contributed by atoms with Crippen molar-refractivity contribution in [2.24, 2.45) is 0 Å². The van der Waals surface area contributed by atoms with Crippen LogP contribution in [-0.4, -0.2) is 52.4 Å². The van der Waals surface area contributed by atoms with Gasteiger partial charge in [0.15, 0.2) is 5.82 Å². The Labute approximate surface area is 151 Å². The summed E-state index contributed by atoms with van der Waals surface area (Å²) in [5.74, 6) is 1.37. The summed E-state index contributed by atoms with van der Waals surface area (Å²) in [5.41, 5.74) is 1.62. The Morgan fingerprint density at radius 3 is 2.81 bits per heavy atom. The number of nitrogens with zero attached hydrogens (tertiary/aromatic N) is 4. The summed E-state index contributed by atoms with van der Waals surface area (Å²) in [4.78, 5) is 21.7. The van der Waals surface area contributed by atoms with Gasteiger partial charge in [-0.05, 0) is 31.9 Å². The summed E-state index contributed by atoms with van der Waals surface area (Å²) < 4.78 is 5.67. The third-order valence-electron chi connectivity index (χ3n) is 4.32. The summed E-state index contributed by atoms with van der Waals surface area (Å²) >= 11 is 0. The molecule has 138 valence electrons. The molecule has 1 aromatic heterocycles. The van der Waals surface area contributed by atoms with Crippen molar-refractivity contribution in [3.8, 4) is 11.4 Å². The number of aliphatic hydroxyl groups is 1. The minimum Gasteiger partial charge on any atom is -0.394 e. The zero-order valence-corrected chi connectivity index (χ0v) is 14.7. The van der Waals surface area contributed by atoms with Gasteiger partial charge >= 0.3 is 0 Å². The number of nitro groups is 1. The van der Waals surface area contributed by atoms with E-state index in [1.54, 1.807) is 12.1 Å². The quantitative estimate of drug-likeness (QED) is 0.624. The van der Waals surface area contributed by atoms with Gasteiger partial charge in [-0.1, -0.05) is 0 Å². The molecule has 8 heteroatoms. The van der Waals surface area contributed by atoms with Crippen LogP contribution < -0.4 is 4.90 Å². The van der Waals surface area contributed by atoms with Crippen LogP contribution in [0.3, 0.4) is 0 Å². The Bertz CT molecular complexity index is 766. The van der Waals surface area contributed by atoms with Crippen molar-refractivity contribution in [2.75, 3.05) is 31.2 Å². The van der Waals surface area contributed by atoms with Gasteiger partial charge in [-0.15, -0.1) is 0 Å². The number of piperidine rings is 1. The van der Waals surface area contributed by atoms with Crippen LogP contribution in [0, 0.1) is 17.0 Å². The molecule has 0 radical (unpaired) electrons. The lowest BCUT2D eigenvalue weighted by atomic mass is 10.1. The number of aryl methyl sites for hydroxylation is 1. The van der Waals surface area contributed by atoms with E-state index in [2.05, 4.69) is 14.9 Å². The molecule has 1 atom stereocenters. The van der Waals surface area contributed by atoms with Gasteiger partial charge in [-0.2, -0.15) is 0 Å². The Hall–Kier alpha value is -2.58. The van der Waals surface area contributed by atoms with E-state index in [4.69, 9.17) is 9.84 Å². The van der Waals surface area contributed by atoms with E-state index in [1.807, 2.05) is 13.0 Å². The van der Waals surface area contributed by atoms with Crippen molar-refractivity contribution >= 4 is 11.5 Å². The summed E-state index contributed by atoms with van der Waals surface area (Å²) in [6.45, 7) is 3.87. The Morgan fingerprint density at radius 2 is 2.12 bits per heavy atom. The van der Waals surface area contributed by atoms with Crippen molar-refractivity contribution in [3.63, 3.8) is 0 Å². The third-order valence-corrected chi connectivity index (χ3v) is 4.32. The summed E-state index contributed by atoms with van der Waals surface area (Å²) in [7, 11) is 0. The Kier molecular flexibility index (Phi) is 5.75. The molecule has 1 fully saturated rings. The number of nitro benzene ring substituents is 1. The number of non-ortho nitro benzene ring substituents is 1. The molecular weight excluding hydrogens is 336 g/mol. The number of anilines is 1. The van der Waals surface area contributed by atoms with Gasteiger partial charge < -0.3 is 14.7 Å². The van der Waals surface area contributed by atoms with Crippen LogP contribution in [0.4, 0.5) is 11.5 Å². The van der Waals surface area contributed by atoms with Crippen LogP contribution in [0.1, 0.15) is 18.5 Å². The molecule has 0 aliphatic carbocycles. The van der Waals surface area contributed by atoms with Crippen LogP contribution in [0.25, 0.3) is 11.4 Å². The molecule has 26 heavy (non-hydrogen) atoms. The maximum atomic E-state index is 10.8. The highest BCUT2D eigenvalue weighted by atomic mass is 16.6. The highest BCUT2D eigenvalue weighted by Crippen LogP contribution is 2.25. The first-order chi connectivity index (χ1) is 12.6. The summed E-state index contributed by atoms with van der Waals surface area (Å²) in [6.07, 6.45) is 2.04. The normalized spacial score (nSPS) is 17.3. The van der Waals surface area contributed by atoms with E-state index in [1.165, 1.54) is 12.1 Å². The van der Waals surface area contributed by atoms with Gasteiger partial charge in [0.05, 0.1) is 24.2 Å². The Morgan fingerprint density at radius 1 is 1.35 bits per heavy atom. The lowest BCUT2D eigenvalue weighted by molar-refractivity contribution is -0.384. The van der Waals surface area contributed by atoms with Gasteiger partial charge in [0, 0.05) is 42.5 Å². The zero-order chi connectivity index (χ0) is 18.5. The number of aliphatic hydroxyl groups excluding tert-OH is 1. The number of hydrogen-bond acceptors (Lipinski definition) is 7. The van der Waals surface area contributed by atoms with E-state index >= 15 is 0 Å². The summed E-state index contributed by atoms with van der Waals surface area (Å²) in [5, 5.41) is 19.7. The van der Waals surface area contributed by atoms with Gasteiger partial charge in [0.1, 0.15) is 5.82 Å². The SMILES string of the molecule is Cc1cc(N2CCCC(OCCO)C2)nc(-c2ccc([N+](=O)[O-])cc2)n1. The number of rotatable bonds is 6. The van der Waals surface area contributed by atoms with Gasteiger partial charge in [0.2, 0.25) is 0 Å². The van der Waals surface area contributed by atoms with E-state index < -0.39 is 4.92 Å². The van der Waals surface area contributed by atoms with Crippen molar-refractivity contribution in [2.45, 2.75) is 25.9 Å². The molecule has 1 aliphatic heterocycles. The van der Waals surface area contributed by atoms with E-state index in [9.17, 15) is 10.1 Å². The van der Waals surface area contributed by atoms with E-state index in [0.29, 0.717) is 12.4 Å². The van der Waals surface area contributed by atoms with Crippen molar-refractivity contribution in [1.29, 1.82) is 0 Å². The number of hydrogen-bond donors (Lipinski definition) is 1. The maximum Gasteiger partial charge on any atom is 0.269 e. The van der Waals surface area contributed by atoms with Crippen LogP contribution in [0.2, 0.25) is 0 Å². The molecule has 1 aliphatic rings. The molecule has 8 nitrogen and oxygen atoms in total. The lowest BCUT2D eigenvalue weighted by Crippen LogP contribution is -2.40. The lowest BCUT2D eigenvalue weighted by Gasteiger charge is -2.33. The van der Waals surface area contributed by atoms with Crippen LogP contribution in [-0.2, 0) is 4.74 Å². The molecule has 0 spiro atoms. The van der Waals surface area contributed by atoms with Crippen molar-refractivity contribution in [1.82, 2.24) is 9.97 Å². The predicted molar refractivity (Wildman–Crippen MR) is 97.1 cm³/mol. The molecule has 2 heterocycles. The molecule has 0 saturated carbocycles. The fourth-order valence-electron chi connectivity index (χ4n) is 3.08. The zero-order valence-electron chi connectivity index (χ0n) is 14.7. The first-order valence-electron chi connectivity index (χ1n) is 8.65. The predicted octanol–water partition coefficient (Wildman–Crippen LogP) is 2.34. The van der Waals surface area contributed by atoms with Crippen LogP contribution >= 0.6 is 0 Å². The van der Waals surface area contributed by atoms with Gasteiger partial charge in [-0.3, -0.25) is 10.1 Å². The number of benzene rings is 1. The van der Waals surface area contributed by atoms with Gasteiger partial charge in [0.25, 0.3) is 5.69 Å². The molecule has 1 saturated heterocycles. The average Bonchev–Trinajstić information content (AvgIpc) is 2.66. The second kappa shape index (κ2) is 8.20. The number of ether oxygens (including phenoxy) is 1. The minimum atomic E-state index is -0.424. The summed E-state index contributed by atoms with van der Waals surface area (Å²) in [6, 6.07) is 8.18. The molecule has 1 aromatic carbocycles. The number of aromatic nitrogens is 2. The Balaban J connectivity index is 1.82. The first kappa shape index (κ1) is 18.2. The third kappa shape index (κ3) is 4.33. The standard InChI is InChI=1S/C18H22N4O4/c1-13-11-17(21-8-2-3-16(12-21)26-10-9-23)20-18(19-13)14-4-6-15(7-5-14)22(24)25/h4-7,11,16,23H,2-3,8-10,12H2,1H3. The van der Waals surface area contributed by atoms with Crippen LogP contribution in [0.5, 0.6) is 0 Å². The van der Waals surface area contributed by atoms with Crippen molar-refractivity contribution < 1.29 is 14.8 Å². The highest BCUT2D eigenvalue weighted by Gasteiger charge is 2.22. The highest BCUT2D eigenvalue weighted by molar-refractivity contribution is 5.60. The monoisotopic (exact) mass is 358 g/mol.